The van der Waals surface area contributed by atoms with Gasteiger partial charge in [0.2, 0.25) is 0 Å². The third-order valence-corrected chi connectivity index (χ3v) is 5.52. The van der Waals surface area contributed by atoms with Crippen molar-refractivity contribution >= 4 is 22.9 Å². The van der Waals surface area contributed by atoms with Crippen molar-refractivity contribution in [2.24, 2.45) is 0 Å². The van der Waals surface area contributed by atoms with Gasteiger partial charge in [-0.3, -0.25) is 9.59 Å². The Balaban J connectivity index is 1.38. The summed E-state index contributed by atoms with van der Waals surface area (Å²) in [4.78, 5) is 29.7. The zero-order chi connectivity index (χ0) is 23.0. The van der Waals surface area contributed by atoms with E-state index in [0.717, 1.165) is 28.0 Å². The van der Waals surface area contributed by atoms with Gasteiger partial charge in [0.25, 0.3) is 5.91 Å². The third kappa shape index (κ3) is 5.66. The maximum absolute atomic E-state index is 12.7. The number of hydrogen-bond donors (Lipinski definition) is 1. The van der Waals surface area contributed by atoms with Gasteiger partial charge < -0.3 is 14.6 Å². The highest BCUT2D eigenvalue weighted by Crippen LogP contribution is 2.19. The third-order valence-electron chi connectivity index (χ3n) is 5.52. The Morgan fingerprint density at radius 1 is 0.939 bits per heavy atom. The SMILES string of the molecule is CCc1nc2ccccc2n1CC(=O)OCC(=O)NC(Cc1ccccc1)c1ccccc1. The van der Waals surface area contributed by atoms with E-state index in [1.165, 1.54) is 0 Å². The number of para-hydroxylation sites is 2. The standard InChI is InChI=1S/C27H27N3O3/c1-2-25-28-22-15-9-10-16-24(22)30(25)18-27(32)33-19-26(31)29-23(21-13-7-4-8-14-21)17-20-11-5-3-6-12-20/h3-16,23H,2,17-19H2,1H3,(H,29,31). The molecule has 1 unspecified atom stereocenters. The number of carbonyl (C=O) groups is 2. The molecule has 0 saturated heterocycles. The van der Waals surface area contributed by atoms with Crippen LogP contribution in [0.3, 0.4) is 0 Å². The van der Waals surface area contributed by atoms with E-state index in [2.05, 4.69) is 10.3 Å². The molecular formula is C27H27N3O3. The molecule has 1 heterocycles. The monoisotopic (exact) mass is 441 g/mol. The van der Waals surface area contributed by atoms with Gasteiger partial charge in [0.05, 0.1) is 17.1 Å². The first-order chi connectivity index (χ1) is 16.1. The smallest absolute Gasteiger partial charge is 0.326 e. The number of aryl methyl sites for hydroxylation is 1. The highest BCUT2D eigenvalue weighted by Gasteiger charge is 2.18. The minimum atomic E-state index is -0.470. The average Bonchev–Trinajstić information content (AvgIpc) is 3.21. The molecule has 0 bridgehead atoms. The lowest BCUT2D eigenvalue weighted by Gasteiger charge is -2.19. The van der Waals surface area contributed by atoms with Crippen LogP contribution in [0.2, 0.25) is 0 Å². The zero-order valence-electron chi connectivity index (χ0n) is 18.6. The molecule has 0 aliphatic rings. The molecule has 0 radical (unpaired) electrons. The number of ether oxygens (including phenoxy) is 1. The highest BCUT2D eigenvalue weighted by molar-refractivity contribution is 5.82. The number of benzene rings is 3. The molecule has 1 amide bonds. The number of nitrogens with zero attached hydrogens (tertiary/aromatic N) is 2. The van der Waals surface area contributed by atoms with Crippen LogP contribution in [-0.2, 0) is 33.7 Å². The fourth-order valence-corrected chi connectivity index (χ4v) is 3.92. The van der Waals surface area contributed by atoms with Gasteiger partial charge in [-0.2, -0.15) is 0 Å². The van der Waals surface area contributed by atoms with Crippen LogP contribution >= 0.6 is 0 Å². The van der Waals surface area contributed by atoms with Gasteiger partial charge in [-0.05, 0) is 29.7 Å². The minimum Gasteiger partial charge on any atom is -0.454 e. The summed E-state index contributed by atoms with van der Waals surface area (Å²) in [6.07, 6.45) is 1.34. The number of imidazole rings is 1. The summed E-state index contributed by atoms with van der Waals surface area (Å²) in [5.41, 5.74) is 3.83. The van der Waals surface area contributed by atoms with E-state index in [1.807, 2.05) is 96.4 Å². The first kappa shape index (κ1) is 22.3. The maximum Gasteiger partial charge on any atom is 0.326 e. The van der Waals surface area contributed by atoms with Gasteiger partial charge in [-0.15, -0.1) is 0 Å². The number of carbonyl (C=O) groups excluding carboxylic acids is 2. The lowest BCUT2D eigenvalue weighted by molar-refractivity contribution is -0.149. The summed E-state index contributed by atoms with van der Waals surface area (Å²) < 4.78 is 7.16. The lowest BCUT2D eigenvalue weighted by Crippen LogP contribution is -2.34. The van der Waals surface area contributed by atoms with Gasteiger partial charge in [-0.1, -0.05) is 79.7 Å². The Morgan fingerprint density at radius 3 is 2.33 bits per heavy atom. The first-order valence-corrected chi connectivity index (χ1v) is 11.1. The minimum absolute atomic E-state index is 0.0170. The second-order valence-electron chi connectivity index (χ2n) is 7.84. The first-order valence-electron chi connectivity index (χ1n) is 11.1. The van der Waals surface area contributed by atoms with Crippen molar-refractivity contribution < 1.29 is 14.3 Å². The van der Waals surface area contributed by atoms with Crippen LogP contribution in [0.1, 0.15) is 29.9 Å². The number of rotatable bonds is 9. The van der Waals surface area contributed by atoms with Gasteiger partial charge in [0, 0.05) is 6.42 Å². The number of hydrogen-bond acceptors (Lipinski definition) is 4. The predicted octanol–water partition coefficient (Wildman–Crippen LogP) is 4.24. The highest BCUT2D eigenvalue weighted by atomic mass is 16.5. The molecule has 1 aromatic heterocycles. The van der Waals surface area contributed by atoms with Gasteiger partial charge in [0.15, 0.2) is 6.61 Å². The van der Waals surface area contributed by atoms with E-state index in [0.29, 0.717) is 12.8 Å². The van der Waals surface area contributed by atoms with Gasteiger partial charge in [-0.25, -0.2) is 4.98 Å². The number of esters is 1. The fourth-order valence-electron chi connectivity index (χ4n) is 3.92. The summed E-state index contributed by atoms with van der Waals surface area (Å²) >= 11 is 0. The van der Waals surface area contributed by atoms with Crippen LogP contribution in [0, 0.1) is 0 Å². The molecule has 3 aromatic carbocycles. The molecule has 4 aromatic rings. The van der Waals surface area contributed by atoms with Crippen molar-refractivity contribution in [2.75, 3.05) is 6.61 Å². The molecule has 6 nitrogen and oxygen atoms in total. The van der Waals surface area contributed by atoms with Crippen molar-refractivity contribution in [3.63, 3.8) is 0 Å². The average molecular weight is 442 g/mol. The molecule has 4 rings (SSSR count). The molecule has 0 saturated carbocycles. The number of aromatic nitrogens is 2. The Labute approximate surface area is 193 Å². The van der Waals surface area contributed by atoms with Gasteiger partial charge >= 0.3 is 5.97 Å². The van der Waals surface area contributed by atoms with Crippen LogP contribution in [0.5, 0.6) is 0 Å². The van der Waals surface area contributed by atoms with Crippen molar-refractivity contribution in [3.8, 4) is 0 Å². The molecule has 168 valence electrons. The lowest BCUT2D eigenvalue weighted by atomic mass is 9.99. The predicted molar refractivity (Wildman–Crippen MR) is 128 cm³/mol. The Hall–Kier alpha value is -3.93. The van der Waals surface area contributed by atoms with Crippen molar-refractivity contribution in [3.05, 3.63) is 102 Å². The zero-order valence-corrected chi connectivity index (χ0v) is 18.6. The molecule has 0 fully saturated rings. The van der Waals surface area contributed by atoms with E-state index < -0.39 is 5.97 Å². The molecule has 33 heavy (non-hydrogen) atoms. The molecule has 0 spiro atoms. The second kappa shape index (κ2) is 10.6. The Morgan fingerprint density at radius 2 is 1.61 bits per heavy atom. The normalized spacial score (nSPS) is 11.8. The Bertz CT molecular complexity index is 1220. The molecule has 1 atom stereocenters. The van der Waals surface area contributed by atoms with Gasteiger partial charge in [0.1, 0.15) is 12.4 Å². The maximum atomic E-state index is 12.7. The van der Waals surface area contributed by atoms with E-state index in [1.54, 1.807) is 0 Å². The molecule has 0 aliphatic heterocycles. The number of fused-ring (bicyclic) bond motifs is 1. The largest absolute Gasteiger partial charge is 0.454 e. The summed E-state index contributed by atoms with van der Waals surface area (Å²) in [5, 5.41) is 3.01. The molecule has 0 aliphatic carbocycles. The van der Waals surface area contributed by atoms with Crippen LogP contribution in [-0.4, -0.2) is 28.0 Å². The summed E-state index contributed by atoms with van der Waals surface area (Å²) in [6.45, 7) is 1.68. The van der Waals surface area contributed by atoms with E-state index in [4.69, 9.17) is 4.74 Å². The van der Waals surface area contributed by atoms with E-state index in [-0.39, 0.29) is 25.1 Å². The number of nitrogens with one attached hydrogen (secondary N) is 1. The fraction of sp³-hybridized carbons (Fsp3) is 0.222. The molecular weight excluding hydrogens is 414 g/mol. The topological polar surface area (TPSA) is 73.2 Å². The van der Waals surface area contributed by atoms with E-state index >= 15 is 0 Å². The van der Waals surface area contributed by atoms with Crippen LogP contribution in [0.15, 0.2) is 84.9 Å². The molecule has 6 heteroatoms. The summed E-state index contributed by atoms with van der Waals surface area (Å²) in [7, 11) is 0. The molecule has 1 N–H and O–H groups in total. The van der Waals surface area contributed by atoms with Crippen molar-refractivity contribution in [1.29, 1.82) is 0 Å². The van der Waals surface area contributed by atoms with Crippen LogP contribution in [0.25, 0.3) is 11.0 Å². The van der Waals surface area contributed by atoms with Crippen molar-refractivity contribution in [2.45, 2.75) is 32.4 Å². The quantitative estimate of drug-likeness (QED) is 0.394. The van der Waals surface area contributed by atoms with Crippen LogP contribution < -0.4 is 5.32 Å². The second-order valence-corrected chi connectivity index (χ2v) is 7.84. The summed E-state index contributed by atoms with van der Waals surface area (Å²) in [6, 6.07) is 27.2. The number of amides is 1. The van der Waals surface area contributed by atoms with Crippen molar-refractivity contribution in [1.82, 2.24) is 14.9 Å². The van der Waals surface area contributed by atoms with Crippen LogP contribution in [0.4, 0.5) is 0 Å². The summed E-state index contributed by atoms with van der Waals surface area (Å²) in [5.74, 6) is 0.00580. The Kier molecular flexibility index (Phi) is 7.15. The van der Waals surface area contributed by atoms with E-state index in [9.17, 15) is 9.59 Å².